The predicted octanol–water partition coefficient (Wildman–Crippen LogP) is 3.96. The molecule has 174 valence electrons. The highest BCUT2D eigenvalue weighted by molar-refractivity contribution is 5.80. The Labute approximate surface area is 190 Å². The van der Waals surface area contributed by atoms with Crippen LogP contribution >= 0.6 is 0 Å². The number of piperidine rings is 1. The number of anilines is 1. The van der Waals surface area contributed by atoms with Gasteiger partial charge in [0, 0.05) is 36.8 Å². The summed E-state index contributed by atoms with van der Waals surface area (Å²) in [6.45, 7) is 1.15. The molecule has 1 unspecified atom stereocenters. The Bertz CT molecular complexity index is 1160. The third-order valence-electron chi connectivity index (χ3n) is 5.88. The molecule has 0 saturated carbocycles. The van der Waals surface area contributed by atoms with Gasteiger partial charge < -0.3 is 19.7 Å². The zero-order chi connectivity index (χ0) is 23.4. The summed E-state index contributed by atoms with van der Waals surface area (Å²) >= 11 is 0. The highest BCUT2D eigenvalue weighted by atomic mass is 19.2. The van der Waals surface area contributed by atoms with Crippen LogP contribution in [0.25, 0.3) is 11.0 Å². The Morgan fingerprint density at radius 1 is 1.15 bits per heavy atom. The summed E-state index contributed by atoms with van der Waals surface area (Å²) in [5, 5.41) is 3.20. The number of aromatic nitrogens is 2. The van der Waals surface area contributed by atoms with E-state index in [9.17, 15) is 13.6 Å². The number of nitrogens with zero attached hydrogens (tertiary/aromatic N) is 3. The Morgan fingerprint density at radius 2 is 1.94 bits per heavy atom. The molecular formula is C24H26F2N4O3. The lowest BCUT2D eigenvalue weighted by Crippen LogP contribution is -2.47. The number of amides is 1. The predicted molar refractivity (Wildman–Crippen MR) is 121 cm³/mol. The number of fused-ring (bicyclic) bond motifs is 1. The summed E-state index contributed by atoms with van der Waals surface area (Å²) in [5.74, 6) is -0.315. The van der Waals surface area contributed by atoms with E-state index in [0.717, 1.165) is 37.0 Å². The Hall–Kier alpha value is -3.49. The summed E-state index contributed by atoms with van der Waals surface area (Å²) in [5.41, 5.74) is 1.32. The van der Waals surface area contributed by atoms with Crippen LogP contribution in [-0.4, -0.2) is 54.1 Å². The van der Waals surface area contributed by atoms with Crippen molar-refractivity contribution in [3.8, 4) is 11.5 Å². The summed E-state index contributed by atoms with van der Waals surface area (Å²) < 4.78 is 37.8. The molecular weight excluding hydrogens is 430 g/mol. The van der Waals surface area contributed by atoms with Gasteiger partial charge in [-0.2, -0.15) is 0 Å². The molecule has 33 heavy (non-hydrogen) atoms. The monoisotopic (exact) mass is 456 g/mol. The van der Waals surface area contributed by atoms with E-state index < -0.39 is 11.6 Å². The topological polar surface area (TPSA) is 76.6 Å². The van der Waals surface area contributed by atoms with Crippen LogP contribution in [0.5, 0.6) is 11.5 Å². The lowest BCUT2D eigenvalue weighted by molar-refractivity contribution is -0.133. The van der Waals surface area contributed by atoms with Crippen molar-refractivity contribution in [3.63, 3.8) is 0 Å². The molecule has 7 nitrogen and oxygen atoms in total. The number of rotatable bonds is 7. The smallest absolute Gasteiger partial charge is 0.227 e. The van der Waals surface area contributed by atoms with E-state index in [2.05, 4.69) is 15.3 Å². The van der Waals surface area contributed by atoms with Gasteiger partial charge in [-0.1, -0.05) is 12.1 Å². The second kappa shape index (κ2) is 9.97. The molecule has 1 aliphatic rings. The minimum Gasteiger partial charge on any atom is -0.493 e. The van der Waals surface area contributed by atoms with Crippen molar-refractivity contribution in [1.29, 1.82) is 0 Å². The van der Waals surface area contributed by atoms with Crippen molar-refractivity contribution < 1.29 is 23.0 Å². The van der Waals surface area contributed by atoms with Gasteiger partial charge in [0.2, 0.25) is 5.91 Å². The standard InChI is InChI=1S/C24H26F2N4O3/c1-32-21-8-5-6-15(24(21)33-2)10-23(31)30-9-4-3-7-16(30)13-28-22-14-27-19-11-17(25)18(26)12-20(19)29-22/h5-6,8,11-12,14,16H,3-4,7,9-10,13H2,1-2H3,(H,28,29). The fourth-order valence-corrected chi connectivity index (χ4v) is 4.21. The normalized spacial score (nSPS) is 16.0. The van der Waals surface area contributed by atoms with Crippen LogP contribution in [0.4, 0.5) is 14.6 Å². The zero-order valence-corrected chi connectivity index (χ0v) is 18.6. The maximum absolute atomic E-state index is 13.6. The van der Waals surface area contributed by atoms with Crippen molar-refractivity contribution >= 4 is 22.8 Å². The third kappa shape index (κ3) is 4.97. The van der Waals surface area contributed by atoms with E-state index in [1.807, 2.05) is 17.0 Å². The maximum Gasteiger partial charge on any atom is 0.227 e. The maximum atomic E-state index is 13.6. The highest BCUT2D eigenvalue weighted by Crippen LogP contribution is 2.31. The summed E-state index contributed by atoms with van der Waals surface area (Å²) in [6.07, 6.45) is 4.51. The van der Waals surface area contributed by atoms with Gasteiger partial charge in [-0.3, -0.25) is 9.78 Å². The van der Waals surface area contributed by atoms with Crippen LogP contribution in [0.1, 0.15) is 24.8 Å². The van der Waals surface area contributed by atoms with E-state index in [1.165, 1.54) is 6.20 Å². The molecule has 4 rings (SSSR count). The van der Waals surface area contributed by atoms with Crippen LogP contribution in [-0.2, 0) is 11.2 Å². The highest BCUT2D eigenvalue weighted by Gasteiger charge is 2.27. The van der Waals surface area contributed by atoms with Gasteiger partial charge in [0.15, 0.2) is 23.1 Å². The molecule has 1 atom stereocenters. The van der Waals surface area contributed by atoms with E-state index in [4.69, 9.17) is 9.47 Å². The molecule has 1 N–H and O–H groups in total. The summed E-state index contributed by atoms with van der Waals surface area (Å²) in [6, 6.07) is 7.53. The first kappa shape index (κ1) is 22.7. The van der Waals surface area contributed by atoms with Gasteiger partial charge in [0.05, 0.1) is 37.9 Å². The van der Waals surface area contributed by atoms with Crippen molar-refractivity contribution in [3.05, 3.63) is 53.7 Å². The van der Waals surface area contributed by atoms with Gasteiger partial charge in [0.1, 0.15) is 5.82 Å². The summed E-state index contributed by atoms with van der Waals surface area (Å²) in [4.78, 5) is 23.6. The lowest BCUT2D eigenvalue weighted by atomic mass is 10.00. The van der Waals surface area contributed by atoms with Gasteiger partial charge >= 0.3 is 0 Å². The van der Waals surface area contributed by atoms with E-state index in [1.54, 1.807) is 20.3 Å². The van der Waals surface area contributed by atoms with Crippen LogP contribution < -0.4 is 14.8 Å². The van der Waals surface area contributed by atoms with Crippen LogP contribution in [0.3, 0.4) is 0 Å². The molecule has 2 heterocycles. The number of carbonyl (C=O) groups is 1. The van der Waals surface area contributed by atoms with Crippen molar-refractivity contribution in [1.82, 2.24) is 14.9 Å². The zero-order valence-electron chi connectivity index (χ0n) is 18.6. The fourth-order valence-electron chi connectivity index (χ4n) is 4.21. The number of halogens is 2. The minimum atomic E-state index is -0.967. The second-order valence-corrected chi connectivity index (χ2v) is 7.96. The molecule has 1 fully saturated rings. The Kier molecular flexibility index (Phi) is 6.86. The molecule has 9 heteroatoms. The molecule has 0 spiro atoms. The molecule has 2 aromatic carbocycles. The van der Waals surface area contributed by atoms with Gasteiger partial charge in [-0.25, -0.2) is 13.8 Å². The first-order valence-electron chi connectivity index (χ1n) is 10.8. The van der Waals surface area contributed by atoms with Gasteiger partial charge in [-0.05, 0) is 25.3 Å². The van der Waals surface area contributed by atoms with Crippen molar-refractivity contribution in [2.45, 2.75) is 31.7 Å². The quantitative estimate of drug-likeness (QED) is 0.580. The van der Waals surface area contributed by atoms with E-state index in [-0.39, 0.29) is 29.4 Å². The number of ether oxygens (including phenoxy) is 2. The minimum absolute atomic E-state index is 0.00944. The molecule has 3 aromatic rings. The largest absolute Gasteiger partial charge is 0.493 e. The van der Waals surface area contributed by atoms with Crippen LogP contribution in [0, 0.1) is 11.6 Å². The molecule has 0 radical (unpaired) electrons. The molecule has 1 amide bonds. The van der Waals surface area contributed by atoms with Gasteiger partial charge in [-0.15, -0.1) is 0 Å². The average Bonchev–Trinajstić information content (AvgIpc) is 2.83. The summed E-state index contributed by atoms with van der Waals surface area (Å²) in [7, 11) is 3.13. The number of methoxy groups -OCH3 is 2. The number of nitrogens with one attached hydrogen (secondary N) is 1. The first-order chi connectivity index (χ1) is 16.0. The Balaban J connectivity index is 1.46. The van der Waals surface area contributed by atoms with Crippen LogP contribution in [0.2, 0.25) is 0 Å². The number of para-hydroxylation sites is 1. The average molecular weight is 456 g/mol. The number of hydrogen-bond donors (Lipinski definition) is 1. The molecule has 1 saturated heterocycles. The van der Waals surface area contributed by atoms with Crippen molar-refractivity contribution in [2.24, 2.45) is 0 Å². The second-order valence-electron chi connectivity index (χ2n) is 7.96. The van der Waals surface area contributed by atoms with E-state index >= 15 is 0 Å². The molecule has 1 aromatic heterocycles. The fraction of sp³-hybridized carbons (Fsp3) is 0.375. The van der Waals surface area contributed by atoms with E-state index in [0.29, 0.717) is 30.4 Å². The van der Waals surface area contributed by atoms with Gasteiger partial charge in [0.25, 0.3) is 0 Å². The number of benzene rings is 2. The SMILES string of the molecule is COc1cccc(CC(=O)N2CCCCC2CNc2cnc3cc(F)c(F)cc3n2)c1OC. The molecule has 0 bridgehead atoms. The third-order valence-corrected chi connectivity index (χ3v) is 5.88. The van der Waals surface area contributed by atoms with Crippen LogP contribution in [0.15, 0.2) is 36.5 Å². The number of likely N-dealkylation sites (tertiary alicyclic amines) is 1. The molecule has 1 aliphatic heterocycles. The lowest BCUT2D eigenvalue weighted by Gasteiger charge is -2.36. The Morgan fingerprint density at radius 3 is 2.70 bits per heavy atom. The molecule has 0 aliphatic carbocycles. The number of hydrogen-bond acceptors (Lipinski definition) is 6. The van der Waals surface area contributed by atoms with Crippen molar-refractivity contribution in [2.75, 3.05) is 32.6 Å². The first-order valence-corrected chi connectivity index (χ1v) is 10.8. The number of carbonyl (C=O) groups excluding carboxylic acids is 1.